The van der Waals surface area contributed by atoms with Gasteiger partial charge in [0, 0.05) is 33.4 Å². The van der Waals surface area contributed by atoms with Crippen molar-refractivity contribution in [3.8, 4) is 23.7 Å². The van der Waals surface area contributed by atoms with Gasteiger partial charge in [0.05, 0.1) is 0 Å². The van der Waals surface area contributed by atoms with Crippen LogP contribution < -0.4 is 0 Å². The van der Waals surface area contributed by atoms with Crippen LogP contribution in [0.25, 0.3) is 0 Å². The number of aliphatic hydroxyl groups is 2. The van der Waals surface area contributed by atoms with E-state index >= 15 is 0 Å². The lowest BCUT2D eigenvalue weighted by molar-refractivity contribution is 0.145. The Kier molecular flexibility index (Phi) is 7.21. The van der Waals surface area contributed by atoms with Crippen molar-refractivity contribution in [1.82, 2.24) is 0 Å². The summed E-state index contributed by atoms with van der Waals surface area (Å²) in [6, 6.07) is 45.2. The summed E-state index contributed by atoms with van der Waals surface area (Å²) in [5.74, 6) is 12.6. The molecule has 0 aliphatic heterocycles. The second-order valence-electron chi connectivity index (χ2n) is 8.93. The van der Waals surface area contributed by atoms with Crippen molar-refractivity contribution in [3.05, 3.63) is 179 Å². The van der Waals surface area contributed by atoms with Gasteiger partial charge in [-0.3, -0.25) is 0 Å². The molecule has 0 radical (unpaired) electrons. The van der Waals surface area contributed by atoms with E-state index in [1.54, 1.807) is 0 Å². The lowest BCUT2D eigenvalue weighted by atomic mass is 9.86. The summed E-state index contributed by atoms with van der Waals surface area (Å²) in [7, 11) is 0. The van der Waals surface area contributed by atoms with E-state index in [0.29, 0.717) is 33.4 Å². The average Bonchev–Trinajstić information content (AvgIpc) is 3.01. The Morgan fingerprint density at radius 3 is 0.842 bits per heavy atom. The summed E-state index contributed by atoms with van der Waals surface area (Å²) < 4.78 is 0. The molecule has 0 aliphatic rings. The van der Waals surface area contributed by atoms with Crippen LogP contribution in [0.5, 0.6) is 0 Å². The molecule has 5 aromatic rings. The van der Waals surface area contributed by atoms with E-state index in [4.69, 9.17) is 0 Å². The zero-order valence-electron chi connectivity index (χ0n) is 20.8. The zero-order chi connectivity index (χ0) is 26.3. The molecule has 2 heteroatoms. The molecule has 2 nitrogen and oxygen atoms in total. The molecule has 0 heterocycles. The monoisotopic (exact) mass is 490 g/mol. The van der Waals surface area contributed by atoms with E-state index in [9.17, 15) is 10.2 Å². The van der Waals surface area contributed by atoms with Gasteiger partial charge in [-0.2, -0.15) is 0 Å². The van der Waals surface area contributed by atoms with Gasteiger partial charge < -0.3 is 10.2 Å². The third kappa shape index (κ3) is 5.15. The fraction of sp³-hybridized carbons (Fsp3) is 0.0556. The molecule has 0 spiro atoms. The Bertz CT molecular complexity index is 1410. The number of rotatable bonds is 4. The summed E-state index contributed by atoms with van der Waals surface area (Å²) in [6.07, 6.45) is 0. The molecule has 0 unspecified atom stereocenters. The fourth-order valence-corrected chi connectivity index (χ4v) is 4.36. The molecular formula is C36H26O2. The third-order valence-electron chi connectivity index (χ3n) is 6.45. The molecule has 0 amide bonds. The van der Waals surface area contributed by atoms with Gasteiger partial charge in [0.25, 0.3) is 0 Å². The summed E-state index contributed by atoms with van der Waals surface area (Å²) in [6.45, 7) is 0. The number of benzene rings is 5. The smallest absolute Gasteiger partial charge is 0.177 e. The van der Waals surface area contributed by atoms with Gasteiger partial charge in [-0.15, -0.1) is 0 Å². The Morgan fingerprint density at radius 2 is 0.579 bits per heavy atom. The normalized spacial score (nSPS) is 11.0. The summed E-state index contributed by atoms with van der Waals surface area (Å²) in [5.41, 5.74) is 1.06. The predicted molar refractivity (Wildman–Crippen MR) is 152 cm³/mol. The summed E-state index contributed by atoms with van der Waals surface area (Å²) >= 11 is 0. The largest absolute Gasteiger partial charge is 0.369 e. The number of hydrogen-bond acceptors (Lipinski definition) is 2. The lowest BCUT2D eigenvalue weighted by Crippen LogP contribution is -2.25. The summed E-state index contributed by atoms with van der Waals surface area (Å²) in [5, 5.41) is 23.6. The minimum Gasteiger partial charge on any atom is -0.369 e. The minimum atomic E-state index is -1.50. The first-order valence-electron chi connectivity index (χ1n) is 12.4. The molecule has 5 rings (SSSR count). The molecule has 0 bridgehead atoms. The highest BCUT2D eigenvalue weighted by atomic mass is 16.3. The van der Waals surface area contributed by atoms with Crippen LogP contribution >= 0.6 is 0 Å². The maximum Gasteiger partial charge on any atom is 0.177 e. The molecule has 0 aromatic heterocycles. The molecule has 2 N–H and O–H groups in total. The Morgan fingerprint density at radius 1 is 0.342 bits per heavy atom. The van der Waals surface area contributed by atoms with Crippen molar-refractivity contribution < 1.29 is 10.2 Å². The zero-order valence-corrected chi connectivity index (χ0v) is 20.8. The van der Waals surface area contributed by atoms with Crippen molar-refractivity contribution in [3.63, 3.8) is 0 Å². The predicted octanol–water partition coefficient (Wildman–Crippen LogP) is 6.26. The first-order valence-corrected chi connectivity index (χ1v) is 12.4. The molecule has 0 fully saturated rings. The van der Waals surface area contributed by atoms with Crippen LogP contribution in [0.3, 0.4) is 0 Å². The van der Waals surface area contributed by atoms with Crippen LogP contribution in [-0.4, -0.2) is 10.2 Å². The van der Waals surface area contributed by atoms with Crippen molar-refractivity contribution in [2.75, 3.05) is 0 Å². The third-order valence-corrected chi connectivity index (χ3v) is 6.45. The second-order valence-corrected chi connectivity index (χ2v) is 8.93. The molecular weight excluding hydrogens is 464 g/mol. The molecule has 0 aliphatic carbocycles. The van der Waals surface area contributed by atoms with Crippen LogP contribution in [0.4, 0.5) is 0 Å². The van der Waals surface area contributed by atoms with E-state index in [1.165, 1.54) is 0 Å². The van der Waals surface area contributed by atoms with Crippen molar-refractivity contribution in [1.29, 1.82) is 0 Å². The summed E-state index contributed by atoms with van der Waals surface area (Å²) in [4.78, 5) is 0. The van der Waals surface area contributed by atoms with Crippen molar-refractivity contribution in [2.45, 2.75) is 11.2 Å². The van der Waals surface area contributed by atoms with Crippen LogP contribution in [0.1, 0.15) is 33.4 Å². The average molecular weight is 491 g/mol. The highest BCUT2D eigenvalue weighted by molar-refractivity contribution is 5.55. The Hall–Kier alpha value is -4.86. The van der Waals surface area contributed by atoms with E-state index in [2.05, 4.69) is 23.7 Å². The molecule has 5 aromatic carbocycles. The van der Waals surface area contributed by atoms with Gasteiger partial charge in [-0.1, -0.05) is 157 Å². The van der Waals surface area contributed by atoms with E-state index in [1.807, 2.05) is 146 Å². The van der Waals surface area contributed by atoms with Gasteiger partial charge in [0.1, 0.15) is 0 Å². The van der Waals surface area contributed by atoms with Gasteiger partial charge >= 0.3 is 0 Å². The van der Waals surface area contributed by atoms with E-state index in [-0.39, 0.29) is 0 Å². The quantitative estimate of drug-likeness (QED) is 0.292. The van der Waals surface area contributed by atoms with Crippen LogP contribution in [0.2, 0.25) is 0 Å². The maximum atomic E-state index is 11.8. The van der Waals surface area contributed by atoms with E-state index < -0.39 is 11.2 Å². The highest BCUT2D eigenvalue weighted by Crippen LogP contribution is 2.30. The standard InChI is InChI=1S/C36H26O2/c37-35(31-17-5-1-6-18-31,32-19-7-2-8-20-32)27-25-29-15-13-14-16-30(29)26-28-36(38,33-21-9-3-10-22-33)34-23-11-4-12-24-34/h1-24,37-38H. The number of hydrogen-bond donors (Lipinski definition) is 2. The van der Waals surface area contributed by atoms with Crippen LogP contribution in [0.15, 0.2) is 146 Å². The van der Waals surface area contributed by atoms with Crippen LogP contribution in [-0.2, 0) is 11.2 Å². The molecule has 0 saturated heterocycles. The fourth-order valence-electron chi connectivity index (χ4n) is 4.36. The lowest BCUT2D eigenvalue weighted by Gasteiger charge is -2.23. The van der Waals surface area contributed by atoms with Crippen molar-refractivity contribution in [2.24, 2.45) is 0 Å². The highest BCUT2D eigenvalue weighted by Gasteiger charge is 2.30. The minimum absolute atomic E-state index is 0.661. The SMILES string of the molecule is OC(C#Cc1ccccc1C#CC(O)(c1ccccc1)c1ccccc1)(c1ccccc1)c1ccccc1. The van der Waals surface area contributed by atoms with Gasteiger partial charge in [0.15, 0.2) is 11.2 Å². The van der Waals surface area contributed by atoms with Gasteiger partial charge in [0.2, 0.25) is 0 Å². The maximum absolute atomic E-state index is 11.8. The first-order chi connectivity index (χ1) is 18.6. The Labute approximate surface area is 223 Å². The molecule has 38 heavy (non-hydrogen) atoms. The molecule has 0 saturated carbocycles. The van der Waals surface area contributed by atoms with Gasteiger partial charge in [-0.25, -0.2) is 0 Å². The first kappa shape index (κ1) is 24.8. The van der Waals surface area contributed by atoms with Crippen LogP contribution in [0, 0.1) is 23.7 Å². The topological polar surface area (TPSA) is 40.5 Å². The van der Waals surface area contributed by atoms with Crippen molar-refractivity contribution >= 4 is 0 Å². The molecule has 182 valence electrons. The second kappa shape index (κ2) is 11.0. The van der Waals surface area contributed by atoms with Gasteiger partial charge in [-0.05, 0) is 12.1 Å². The Balaban J connectivity index is 1.60. The molecule has 0 atom stereocenters. The van der Waals surface area contributed by atoms with E-state index in [0.717, 1.165) is 0 Å².